The summed E-state index contributed by atoms with van der Waals surface area (Å²) in [6.45, 7) is 7.74. The molecule has 0 spiro atoms. The Kier molecular flexibility index (Phi) is 5.61. The number of ether oxygens (including phenoxy) is 2. The zero-order chi connectivity index (χ0) is 15.4. The van der Waals surface area contributed by atoms with Gasteiger partial charge in [-0.05, 0) is 31.2 Å². The van der Waals surface area contributed by atoms with Crippen LogP contribution in [0.25, 0.3) is 0 Å². The Morgan fingerprint density at radius 3 is 3.00 bits per heavy atom. The quantitative estimate of drug-likeness (QED) is 0.877. The maximum Gasteiger partial charge on any atom is 0.339 e. The van der Waals surface area contributed by atoms with Crippen molar-refractivity contribution in [3.63, 3.8) is 0 Å². The van der Waals surface area contributed by atoms with Crippen molar-refractivity contribution in [2.45, 2.75) is 20.0 Å². The van der Waals surface area contributed by atoms with E-state index in [4.69, 9.17) is 9.47 Å². The Bertz CT molecular complexity index is 521. The molecule has 0 aromatic heterocycles. The van der Waals surface area contributed by atoms with Crippen molar-refractivity contribution in [1.29, 1.82) is 0 Å². The van der Waals surface area contributed by atoms with E-state index in [9.17, 15) is 9.90 Å². The van der Waals surface area contributed by atoms with E-state index in [-0.39, 0.29) is 11.7 Å². The molecule has 1 aromatic rings. The SMILES string of the molecule is CCN1CCOC(COc2c(C)cc(Br)cc2C(=O)O)C1. The zero-order valence-electron chi connectivity index (χ0n) is 12.3. The molecule has 0 aliphatic carbocycles. The Labute approximate surface area is 133 Å². The monoisotopic (exact) mass is 357 g/mol. The van der Waals surface area contributed by atoms with E-state index in [0.717, 1.165) is 29.7 Å². The molecule has 5 nitrogen and oxygen atoms in total. The number of carbonyl (C=O) groups is 1. The van der Waals surface area contributed by atoms with Crippen molar-refractivity contribution in [3.05, 3.63) is 27.7 Å². The highest BCUT2D eigenvalue weighted by Gasteiger charge is 2.22. The third-order valence-electron chi connectivity index (χ3n) is 3.55. The molecule has 1 saturated heterocycles. The number of rotatable bonds is 5. The van der Waals surface area contributed by atoms with Crippen LogP contribution in [0.1, 0.15) is 22.8 Å². The molecule has 1 unspecified atom stereocenters. The molecule has 1 N–H and O–H groups in total. The molecular weight excluding hydrogens is 338 g/mol. The van der Waals surface area contributed by atoms with Gasteiger partial charge in [0.25, 0.3) is 0 Å². The highest BCUT2D eigenvalue weighted by Crippen LogP contribution is 2.28. The van der Waals surface area contributed by atoms with Crippen LogP contribution in [-0.2, 0) is 4.74 Å². The van der Waals surface area contributed by atoms with Crippen LogP contribution in [0.4, 0.5) is 0 Å². The van der Waals surface area contributed by atoms with Crippen LogP contribution in [-0.4, -0.2) is 54.9 Å². The molecule has 1 fully saturated rings. The van der Waals surface area contributed by atoms with Gasteiger partial charge in [0.2, 0.25) is 0 Å². The van der Waals surface area contributed by atoms with Gasteiger partial charge in [0.1, 0.15) is 24.0 Å². The molecule has 6 heteroatoms. The van der Waals surface area contributed by atoms with Gasteiger partial charge in [0.15, 0.2) is 0 Å². The first-order chi connectivity index (χ1) is 10.0. The predicted molar refractivity (Wildman–Crippen MR) is 83.2 cm³/mol. The Morgan fingerprint density at radius 1 is 1.57 bits per heavy atom. The molecule has 0 radical (unpaired) electrons. The molecule has 0 saturated carbocycles. The first-order valence-electron chi connectivity index (χ1n) is 7.01. The molecule has 116 valence electrons. The summed E-state index contributed by atoms with van der Waals surface area (Å²) in [5.74, 6) is -0.572. The number of carboxylic acid groups (broad SMARTS) is 1. The number of nitrogens with zero attached hydrogens (tertiary/aromatic N) is 1. The largest absolute Gasteiger partial charge is 0.490 e. The Balaban J connectivity index is 2.07. The fourth-order valence-corrected chi connectivity index (χ4v) is 3.00. The van der Waals surface area contributed by atoms with Gasteiger partial charge < -0.3 is 14.6 Å². The van der Waals surface area contributed by atoms with Gasteiger partial charge in [-0.1, -0.05) is 22.9 Å². The first kappa shape index (κ1) is 16.3. The van der Waals surface area contributed by atoms with E-state index in [2.05, 4.69) is 27.8 Å². The molecule has 1 aliphatic rings. The second kappa shape index (κ2) is 7.24. The molecule has 1 aliphatic heterocycles. The lowest BCUT2D eigenvalue weighted by molar-refractivity contribution is -0.0466. The van der Waals surface area contributed by atoms with E-state index in [1.54, 1.807) is 6.07 Å². The highest BCUT2D eigenvalue weighted by molar-refractivity contribution is 9.10. The fraction of sp³-hybridized carbons (Fsp3) is 0.533. The van der Waals surface area contributed by atoms with Crippen molar-refractivity contribution in [3.8, 4) is 5.75 Å². The lowest BCUT2D eigenvalue weighted by atomic mass is 10.1. The van der Waals surface area contributed by atoms with Crippen LogP contribution < -0.4 is 4.74 Å². The number of hydrogen-bond donors (Lipinski definition) is 1. The summed E-state index contributed by atoms with van der Waals surface area (Å²) in [4.78, 5) is 13.6. The van der Waals surface area contributed by atoms with E-state index in [1.807, 2.05) is 13.0 Å². The molecule has 1 atom stereocenters. The first-order valence-corrected chi connectivity index (χ1v) is 7.80. The number of aromatic carboxylic acids is 1. The van der Waals surface area contributed by atoms with Crippen LogP contribution in [0, 0.1) is 6.92 Å². The number of carboxylic acids is 1. The average Bonchev–Trinajstić information content (AvgIpc) is 2.45. The third-order valence-corrected chi connectivity index (χ3v) is 4.01. The number of morpholine rings is 1. The number of hydrogen-bond acceptors (Lipinski definition) is 4. The molecule has 0 amide bonds. The predicted octanol–water partition coefficient (Wildman–Crippen LogP) is 2.56. The number of benzene rings is 1. The van der Waals surface area contributed by atoms with Crippen LogP contribution >= 0.6 is 15.9 Å². The van der Waals surface area contributed by atoms with Crippen LogP contribution in [0.5, 0.6) is 5.75 Å². The van der Waals surface area contributed by atoms with Gasteiger partial charge in [-0.15, -0.1) is 0 Å². The van der Waals surface area contributed by atoms with E-state index < -0.39 is 5.97 Å². The maximum atomic E-state index is 11.3. The summed E-state index contributed by atoms with van der Waals surface area (Å²) in [5, 5.41) is 9.29. The zero-order valence-corrected chi connectivity index (χ0v) is 13.9. The van der Waals surface area contributed by atoms with Gasteiger partial charge in [-0.3, -0.25) is 4.90 Å². The standard InChI is InChI=1S/C15H20BrNO4/c1-3-17-4-5-20-12(8-17)9-21-14-10(2)6-11(16)7-13(14)15(18)19/h6-7,12H,3-5,8-9H2,1-2H3,(H,18,19). The molecule has 1 aromatic carbocycles. The number of halogens is 1. The minimum absolute atomic E-state index is 0.0246. The smallest absolute Gasteiger partial charge is 0.339 e. The summed E-state index contributed by atoms with van der Waals surface area (Å²) in [7, 11) is 0. The summed E-state index contributed by atoms with van der Waals surface area (Å²) in [6.07, 6.45) is -0.0246. The Morgan fingerprint density at radius 2 is 2.33 bits per heavy atom. The van der Waals surface area contributed by atoms with Crippen LogP contribution in [0.15, 0.2) is 16.6 Å². The summed E-state index contributed by atoms with van der Waals surface area (Å²) in [5.41, 5.74) is 0.968. The minimum atomic E-state index is -0.992. The van der Waals surface area contributed by atoms with E-state index >= 15 is 0 Å². The van der Waals surface area contributed by atoms with Gasteiger partial charge in [-0.25, -0.2) is 4.79 Å². The van der Waals surface area contributed by atoms with E-state index in [1.165, 1.54) is 0 Å². The van der Waals surface area contributed by atoms with Gasteiger partial charge >= 0.3 is 5.97 Å². The summed E-state index contributed by atoms with van der Waals surface area (Å²) < 4.78 is 12.2. The van der Waals surface area contributed by atoms with Crippen molar-refractivity contribution in [1.82, 2.24) is 4.90 Å². The van der Waals surface area contributed by atoms with Gasteiger partial charge in [-0.2, -0.15) is 0 Å². The van der Waals surface area contributed by atoms with Crippen LogP contribution in [0.2, 0.25) is 0 Å². The van der Waals surface area contributed by atoms with Crippen molar-refractivity contribution >= 4 is 21.9 Å². The molecule has 0 bridgehead atoms. The van der Waals surface area contributed by atoms with Gasteiger partial charge in [0, 0.05) is 17.6 Å². The Hall–Kier alpha value is -1.11. The summed E-state index contributed by atoms with van der Waals surface area (Å²) >= 11 is 3.31. The number of likely N-dealkylation sites (N-methyl/N-ethyl adjacent to an activating group) is 1. The van der Waals surface area contributed by atoms with Crippen molar-refractivity contribution in [2.24, 2.45) is 0 Å². The second-order valence-corrected chi connectivity index (χ2v) is 6.02. The molecular formula is C15H20BrNO4. The topological polar surface area (TPSA) is 59.0 Å². The van der Waals surface area contributed by atoms with Crippen LogP contribution in [0.3, 0.4) is 0 Å². The lowest BCUT2D eigenvalue weighted by Crippen LogP contribution is -2.44. The number of aryl methyl sites for hydroxylation is 1. The van der Waals surface area contributed by atoms with Gasteiger partial charge in [0.05, 0.1) is 6.61 Å². The third kappa shape index (κ3) is 4.18. The lowest BCUT2D eigenvalue weighted by Gasteiger charge is -2.32. The minimum Gasteiger partial charge on any atom is -0.490 e. The average molecular weight is 358 g/mol. The van der Waals surface area contributed by atoms with E-state index in [0.29, 0.717) is 19.0 Å². The highest BCUT2D eigenvalue weighted by atomic mass is 79.9. The molecule has 1 heterocycles. The maximum absolute atomic E-state index is 11.3. The molecule has 2 rings (SSSR count). The fourth-order valence-electron chi connectivity index (χ4n) is 2.43. The normalized spacial score (nSPS) is 19.5. The van der Waals surface area contributed by atoms with Crippen molar-refractivity contribution < 1.29 is 19.4 Å². The molecule has 21 heavy (non-hydrogen) atoms. The van der Waals surface area contributed by atoms with Crippen molar-refractivity contribution in [2.75, 3.05) is 32.8 Å². The second-order valence-electron chi connectivity index (χ2n) is 5.10. The summed E-state index contributed by atoms with van der Waals surface area (Å²) in [6, 6.07) is 3.41.